The molecule has 0 aliphatic heterocycles. The zero-order chi connectivity index (χ0) is 14.7. The molecular weight excluding hydrogens is 417 g/mol. The van der Waals surface area contributed by atoms with Crippen molar-refractivity contribution in [2.24, 2.45) is 0 Å². The quantitative estimate of drug-likeness (QED) is 0.679. The van der Waals surface area contributed by atoms with E-state index in [1.54, 1.807) is 12.1 Å². The molecular formula is C12H16Br2ClNO2S. The van der Waals surface area contributed by atoms with Crippen LogP contribution in [0.3, 0.4) is 0 Å². The Labute approximate surface area is 136 Å². The van der Waals surface area contributed by atoms with E-state index in [1.807, 2.05) is 13.8 Å². The summed E-state index contributed by atoms with van der Waals surface area (Å²) in [6.07, 6.45) is 1.39. The van der Waals surface area contributed by atoms with Crippen LogP contribution in [0, 0.1) is 0 Å². The van der Waals surface area contributed by atoms with Crippen LogP contribution in [0.5, 0.6) is 0 Å². The van der Waals surface area contributed by atoms with Crippen molar-refractivity contribution in [3.63, 3.8) is 0 Å². The van der Waals surface area contributed by atoms with Crippen LogP contribution in [-0.2, 0) is 10.0 Å². The number of nitrogens with one attached hydrogen (secondary N) is 1. The van der Waals surface area contributed by atoms with E-state index in [0.717, 1.165) is 4.47 Å². The third-order valence-corrected chi connectivity index (χ3v) is 6.77. The summed E-state index contributed by atoms with van der Waals surface area (Å²) in [5, 5.41) is 0.762. The number of benzene rings is 1. The van der Waals surface area contributed by atoms with Gasteiger partial charge in [-0.25, -0.2) is 13.1 Å². The van der Waals surface area contributed by atoms with Gasteiger partial charge in [0.2, 0.25) is 10.0 Å². The van der Waals surface area contributed by atoms with Crippen molar-refractivity contribution in [3.8, 4) is 0 Å². The molecule has 3 nitrogen and oxygen atoms in total. The Morgan fingerprint density at radius 2 is 1.89 bits per heavy atom. The fourth-order valence-electron chi connectivity index (χ4n) is 1.64. The van der Waals surface area contributed by atoms with Crippen molar-refractivity contribution in [1.82, 2.24) is 4.72 Å². The number of sulfonamides is 1. The van der Waals surface area contributed by atoms with Gasteiger partial charge in [-0.05, 0) is 31.0 Å². The second-order valence-corrected chi connectivity index (χ2v) is 7.84. The summed E-state index contributed by atoms with van der Waals surface area (Å²) in [6, 6.07) is 4.73. The molecule has 0 aliphatic carbocycles. The molecule has 7 heteroatoms. The van der Waals surface area contributed by atoms with Crippen molar-refractivity contribution in [3.05, 3.63) is 27.7 Å². The number of halogens is 3. The Kier molecular flexibility index (Phi) is 6.32. The van der Waals surface area contributed by atoms with Gasteiger partial charge in [-0.1, -0.05) is 57.3 Å². The molecule has 108 valence electrons. The summed E-state index contributed by atoms with van der Waals surface area (Å²) in [5.74, 6) is 0. The molecule has 0 spiro atoms. The van der Waals surface area contributed by atoms with Gasteiger partial charge in [-0.3, -0.25) is 0 Å². The number of alkyl halides is 1. The van der Waals surface area contributed by atoms with Gasteiger partial charge in [-0.2, -0.15) is 0 Å². The van der Waals surface area contributed by atoms with Gasteiger partial charge in [0.1, 0.15) is 4.90 Å². The van der Waals surface area contributed by atoms with Crippen LogP contribution in [0.4, 0.5) is 0 Å². The first-order chi connectivity index (χ1) is 8.80. The predicted octanol–water partition coefficient (Wildman–Crippen LogP) is 4.33. The van der Waals surface area contributed by atoms with Crippen molar-refractivity contribution in [2.45, 2.75) is 37.1 Å². The van der Waals surface area contributed by atoms with Crippen LogP contribution < -0.4 is 4.72 Å². The molecule has 0 unspecified atom stereocenters. The monoisotopic (exact) mass is 431 g/mol. The highest BCUT2D eigenvalue weighted by Gasteiger charge is 2.32. The highest BCUT2D eigenvalue weighted by atomic mass is 79.9. The molecule has 0 aliphatic rings. The Balaban J connectivity index is 3.17. The summed E-state index contributed by atoms with van der Waals surface area (Å²) < 4.78 is 28.4. The first-order valence-corrected chi connectivity index (χ1v) is 9.63. The fourth-order valence-corrected chi connectivity index (χ4v) is 5.34. The van der Waals surface area contributed by atoms with Crippen molar-refractivity contribution in [1.29, 1.82) is 0 Å². The van der Waals surface area contributed by atoms with E-state index >= 15 is 0 Å². The van der Waals surface area contributed by atoms with Crippen molar-refractivity contribution in [2.75, 3.05) is 5.33 Å². The van der Waals surface area contributed by atoms with Gasteiger partial charge in [0.15, 0.2) is 0 Å². The maximum absolute atomic E-state index is 12.4. The lowest BCUT2D eigenvalue weighted by molar-refractivity contribution is 0.398. The van der Waals surface area contributed by atoms with E-state index in [9.17, 15) is 8.42 Å². The molecule has 19 heavy (non-hydrogen) atoms. The SMILES string of the molecule is CCC(CC)(CBr)NS(=O)(=O)c1ccc(Br)cc1Cl. The summed E-state index contributed by atoms with van der Waals surface area (Å²) in [6.45, 7) is 3.91. The van der Waals surface area contributed by atoms with Crippen LogP contribution in [0.25, 0.3) is 0 Å². The number of hydrogen-bond donors (Lipinski definition) is 1. The molecule has 0 amide bonds. The van der Waals surface area contributed by atoms with E-state index < -0.39 is 15.6 Å². The normalized spacial score (nSPS) is 12.7. The zero-order valence-corrected chi connectivity index (χ0v) is 15.5. The van der Waals surface area contributed by atoms with E-state index in [4.69, 9.17) is 11.6 Å². The average Bonchev–Trinajstić information content (AvgIpc) is 2.35. The molecule has 0 radical (unpaired) electrons. The standard InChI is InChI=1S/C12H16Br2ClNO2S/c1-3-12(4-2,8-13)16-19(17,18)11-6-5-9(14)7-10(11)15/h5-7,16H,3-4,8H2,1-2H3. The van der Waals surface area contributed by atoms with Gasteiger partial charge in [0.05, 0.1) is 5.02 Å². The number of hydrogen-bond acceptors (Lipinski definition) is 2. The smallest absolute Gasteiger partial charge is 0.207 e. The lowest BCUT2D eigenvalue weighted by atomic mass is 9.97. The third kappa shape index (κ3) is 4.17. The molecule has 1 rings (SSSR count). The van der Waals surface area contributed by atoms with Crippen LogP contribution in [0.1, 0.15) is 26.7 Å². The first-order valence-electron chi connectivity index (χ1n) is 5.85. The Hall–Kier alpha value is 0.380. The Morgan fingerprint density at radius 3 is 2.32 bits per heavy atom. The molecule has 0 bridgehead atoms. The predicted molar refractivity (Wildman–Crippen MR) is 86.6 cm³/mol. The molecule has 1 aromatic carbocycles. The molecule has 0 heterocycles. The summed E-state index contributed by atoms with van der Waals surface area (Å²) >= 11 is 12.7. The Bertz CT molecular complexity index is 536. The zero-order valence-electron chi connectivity index (χ0n) is 10.7. The third-order valence-electron chi connectivity index (χ3n) is 3.14. The van der Waals surface area contributed by atoms with Crippen LogP contribution in [0.2, 0.25) is 5.02 Å². The Morgan fingerprint density at radius 1 is 1.32 bits per heavy atom. The van der Waals surface area contributed by atoms with Gasteiger partial charge in [-0.15, -0.1) is 0 Å². The lowest BCUT2D eigenvalue weighted by Crippen LogP contribution is -2.48. The number of rotatable bonds is 6. The molecule has 0 fully saturated rings. The van der Waals surface area contributed by atoms with E-state index in [-0.39, 0.29) is 9.92 Å². The van der Waals surface area contributed by atoms with Crippen LogP contribution >= 0.6 is 43.5 Å². The summed E-state index contributed by atoms with van der Waals surface area (Å²) in [5.41, 5.74) is -0.491. The maximum atomic E-state index is 12.4. The second kappa shape index (κ2) is 6.89. The van der Waals surface area contributed by atoms with E-state index in [1.165, 1.54) is 6.07 Å². The largest absolute Gasteiger partial charge is 0.242 e. The topological polar surface area (TPSA) is 46.2 Å². The minimum atomic E-state index is -3.63. The van der Waals surface area contributed by atoms with Gasteiger partial charge in [0, 0.05) is 15.3 Å². The van der Waals surface area contributed by atoms with Crippen molar-refractivity contribution >= 4 is 53.5 Å². The highest BCUT2D eigenvalue weighted by Crippen LogP contribution is 2.28. The van der Waals surface area contributed by atoms with Crippen molar-refractivity contribution < 1.29 is 8.42 Å². The second-order valence-electron chi connectivity index (χ2n) is 4.30. The molecule has 0 saturated heterocycles. The maximum Gasteiger partial charge on any atom is 0.242 e. The molecule has 1 aromatic rings. The van der Waals surface area contributed by atoms with E-state index in [2.05, 4.69) is 36.6 Å². The highest BCUT2D eigenvalue weighted by molar-refractivity contribution is 9.10. The van der Waals surface area contributed by atoms with E-state index in [0.29, 0.717) is 18.2 Å². The first kappa shape index (κ1) is 17.4. The molecule has 0 atom stereocenters. The molecule has 0 saturated carbocycles. The lowest BCUT2D eigenvalue weighted by Gasteiger charge is -2.30. The molecule has 1 N–H and O–H groups in total. The average molecular weight is 434 g/mol. The van der Waals surface area contributed by atoms with Crippen LogP contribution in [0.15, 0.2) is 27.6 Å². The fraction of sp³-hybridized carbons (Fsp3) is 0.500. The summed E-state index contributed by atoms with van der Waals surface area (Å²) in [7, 11) is -3.63. The van der Waals surface area contributed by atoms with Crippen LogP contribution in [-0.4, -0.2) is 19.3 Å². The minimum Gasteiger partial charge on any atom is -0.207 e. The minimum absolute atomic E-state index is 0.101. The van der Waals surface area contributed by atoms with Gasteiger partial charge >= 0.3 is 0 Å². The molecule has 0 aromatic heterocycles. The van der Waals surface area contributed by atoms with Gasteiger partial charge in [0.25, 0.3) is 0 Å². The van der Waals surface area contributed by atoms with Gasteiger partial charge < -0.3 is 0 Å². The summed E-state index contributed by atoms with van der Waals surface area (Å²) in [4.78, 5) is 0.101.